The summed E-state index contributed by atoms with van der Waals surface area (Å²) in [5.74, 6) is -0.450. The Balaban J connectivity index is -0.000000359. The van der Waals surface area contributed by atoms with Gasteiger partial charge in [-0.1, -0.05) is 101 Å². The van der Waals surface area contributed by atoms with Gasteiger partial charge in [-0.05, 0) is 143 Å². The first-order valence-electron chi connectivity index (χ1n) is 37.8. The number of alkyl carbamates (subject to hydrolysis) is 2. The van der Waals surface area contributed by atoms with E-state index in [4.69, 9.17) is 43.4 Å². The molecule has 3 aromatic rings. The van der Waals surface area contributed by atoms with Gasteiger partial charge in [0.25, 0.3) is 0 Å². The fraction of sp³-hybridized carbons (Fsp3) is 0.747. The van der Waals surface area contributed by atoms with E-state index in [9.17, 15) is 24.0 Å². The Morgan fingerprint density at radius 2 is 0.925 bits per heavy atom. The molecule has 2 amide bonds. The SMILES string of the molecule is CCCCCNC(=O)OC.CCN(CC)CCOC.CNC(=O)OC.COC(=O)Cc1ccc(C(C)=O)cc1.COC(=O)Cc1ccc(C)cc1.COCCN(C)C.COCCN(C)CC(O)CO.COCCN1CCCC1.COCCN1CCCCC1.COCCN1CCCCC1.COCCn1ccnc1. The lowest BCUT2D eigenvalue weighted by Crippen LogP contribution is -2.33. The fourth-order valence-electron chi connectivity index (χ4n) is 9.22. The van der Waals surface area contributed by atoms with Crippen LogP contribution in [0.1, 0.15) is 125 Å². The highest BCUT2D eigenvalue weighted by atomic mass is 16.5. The van der Waals surface area contributed by atoms with Gasteiger partial charge < -0.3 is 107 Å². The van der Waals surface area contributed by atoms with Crippen molar-refractivity contribution in [3.8, 4) is 0 Å². The summed E-state index contributed by atoms with van der Waals surface area (Å²) in [7, 11) is 24.9. The second kappa shape index (κ2) is 84.2. The first-order chi connectivity index (χ1) is 51.5. The third kappa shape index (κ3) is 79.6. The van der Waals surface area contributed by atoms with Gasteiger partial charge in [0.15, 0.2) is 5.78 Å². The topological polar surface area (TPSA) is 289 Å². The summed E-state index contributed by atoms with van der Waals surface area (Å²) in [6.45, 7) is 33.8. The molecule has 2 aromatic carbocycles. The van der Waals surface area contributed by atoms with Crippen molar-refractivity contribution in [2.45, 2.75) is 131 Å². The van der Waals surface area contributed by atoms with Crippen LogP contribution in [0.4, 0.5) is 9.59 Å². The molecular formula is C79H152N10O18. The molecule has 4 heterocycles. The number of ketones is 1. The number of methoxy groups -OCH3 is 11. The normalized spacial score (nSPS) is 13.1. The molecule has 3 fully saturated rings. The number of carbonyl (C=O) groups is 5. The van der Waals surface area contributed by atoms with Crippen LogP contribution in [-0.2, 0) is 81.1 Å². The maximum absolute atomic E-state index is 10.9. The fourth-order valence-corrected chi connectivity index (χ4v) is 9.22. The molecule has 0 saturated carbocycles. The first-order valence-corrected chi connectivity index (χ1v) is 37.8. The molecule has 626 valence electrons. The van der Waals surface area contributed by atoms with Crippen molar-refractivity contribution in [2.75, 3.05) is 264 Å². The molecule has 1 unspecified atom stereocenters. The van der Waals surface area contributed by atoms with Crippen LogP contribution in [0.5, 0.6) is 0 Å². The zero-order valence-electron chi connectivity index (χ0n) is 70.3. The Morgan fingerprint density at radius 1 is 0.523 bits per heavy atom. The summed E-state index contributed by atoms with van der Waals surface area (Å²) in [6.07, 6.45) is 19.1. The number of aliphatic hydroxyl groups is 2. The standard InChI is InChI=1S/C11H12O3.C10H12O2.2C8H17NO.C7H17NO3.C7H15NO2.C7H15NO.C7H17NO.C6H10N2O.C5H13NO.C3H7NO2/c1-8(12)10-5-3-9(4-6-10)7-11(13)14-2;1-8-3-5-9(6-4-8)7-10(11)12-2;2*1-10-8-7-9-5-3-2-4-6-9;1-8(3-4-11-2)5-7(10)6-9;1-3-4-5-6-8-7(9)10-2;1-9-7-6-8-4-2-3-5-8;1-4-8(5-2)6-7-9-3;1-9-5-4-8-3-2-7-6-8;1-6(2)4-5-7-3;1-4-3(5)6-2/h3-6H,7H2,1-2H3;3-6H,7H2,1-2H3;2*2-8H2,1H3;7,9-10H,3-6H2,1-2H3;3-6H2,1-2H3,(H,8,9);2-7H2,1H3;4-7H2,1-3H3;2-3,6H,4-5H2,1H3;4-5H2,1-3H3;1-2H3,(H,4,5). The maximum atomic E-state index is 10.9. The van der Waals surface area contributed by atoms with Crippen molar-refractivity contribution in [2.24, 2.45) is 0 Å². The van der Waals surface area contributed by atoms with E-state index < -0.39 is 12.2 Å². The number of ether oxygens (including phenoxy) is 11. The number of aromatic nitrogens is 2. The number of likely N-dealkylation sites (tertiary alicyclic amines) is 3. The third-order valence-electron chi connectivity index (χ3n) is 16.0. The van der Waals surface area contributed by atoms with Crippen molar-refractivity contribution in [1.82, 2.24) is 49.6 Å². The summed E-state index contributed by atoms with van der Waals surface area (Å²) in [5, 5.41) is 22.4. The largest absolute Gasteiger partial charge is 0.469 e. The summed E-state index contributed by atoms with van der Waals surface area (Å²) < 4.78 is 54.0. The number of piperidine rings is 2. The van der Waals surface area contributed by atoms with Crippen LogP contribution < -0.4 is 10.6 Å². The van der Waals surface area contributed by atoms with Crippen LogP contribution in [0.2, 0.25) is 0 Å². The van der Waals surface area contributed by atoms with Gasteiger partial charge in [-0.15, -0.1) is 0 Å². The quantitative estimate of drug-likeness (QED) is 0.0186. The second-order valence-electron chi connectivity index (χ2n) is 25.1. The van der Waals surface area contributed by atoms with E-state index in [0.29, 0.717) is 25.1 Å². The van der Waals surface area contributed by atoms with E-state index in [2.05, 4.69) is 79.8 Å². The van der Waals surface area contributed by atoms with Crippen molar-refractivity contribution in [1.29, 1.82) is 0 Å². The molecule has 0 spiro atoms. The van der Waals surface area contributed by atoms with E-state index >= 15 is 0 Å². The van der Waals surface area contributed by atoms with Crippen molar-refractivity contribution >= 4 is 29.9 Å². The Kier molecular flexibility index (Phi) is 86.4. The van der Waals surface area contributed by atoms with Gasteiger partial charge in [0.1, 0.15) is 0 Å². The van der Waals surface area contributed by atoms with Crippen molar-refractivity contribution in [3.05, 3.63) is 89.5 Å². The van der Waals surface area contributed by atoms with Gasteiger partial charge in [-0.3, -0.25) is 14.4 Å². The molecule has 3 saturated heterocycles. The van der Waals surface area contributed by atoms with E-state index in [1.54, 1.807) is 86.6 Å². The molecule has 3 aliphatic heterocycles. The average Bonchev–Trinajstić information content (AvgIpc) is 1.04. The smallest absolute Gasteiger partial charge is 0.406 e. The zero-order valence-corrected chi connectivity index (χ0v) is 70.3. The van der Waals surface area contributed by atoms with E-state index in [0.717, 1.165) is 129 Å². The summed E-state index contributed by atoms with van der Waals surface area (Å²) in [6, 6.07) is 14.8. The van der Waals surface area contributed by atoms with Crippen LogP contribution in [0.25, 0.3) is 0 Å². The average molecular weight is 1530 g/mol. The number of benzene rings is 2. The lowest BCUT2D eigenvalue weighted by Gasteiger charge is -2.25. The number of unbranched alkanes of at least 4 members (excludes halogenated alkanes) is 2. The molecule has 3 aliphatic rings. The predicted octanol–water partition coefficient (Wildman–Crippen LogP) is 8.40. The number of nitrogens with one attached hydrogen (secondary N) is 2. The number of hydrogen-bond donors (Lipinski definition) is 4. The monoisotopic (exact) mass is 1530 g/mol. The lowest BCUT2D eigenvalue weighted by molar-refractivity contribution is -0.140. The molecule has 107 heavy (non-hydrogen) atoms. The maximum Gasteiger partial charge on any atom is 0.406 e. The number of imidazole rings is 1. The predicted molar refractivity (Wildman–Crippen MR) is 429 cm³/mol. The number of aryl methyl sites for hydroxylation is 1. The number of esters is 2. The Bertz CT molecular complexity index is 2320. The van der Waals surface area contributed by atoms with Crippen LogP contribution in [0.3, 0.4) is 0 Å². The van der Waals surface area contributed by atoms with Gasteiger partial charge >= 0.3 is 24.1 Å². The van der Waals surface area contributed by atoms with Gasteiger partial charge in [-0.2, -0.15) is 0 Å². The Hall–Kier alpha value is -5.80. The molecule has 0 radical (unpaired) electrons. The molecule has 0 aliphatic carbocycles. The molecule has 1 atom stereocenters. The molecule has 28 nitrogen and oxygen atoms in total. The molecule has 4 N–H and O–H groups in total. The van der Waals surface area contributed by atoms with E-state index in [1.165, 1.54) is 145 Å². The first kappa shape index (κ1) is 110. The lowest BCUT2D eigenvalue weighted by atomic mass is 10.1. The number of aliphatic hydroxyl groups excluding tert-OH is 2. The van der Waals surface area contributed by atoms with E-state index in [-0.39, 0.29) is 36.8 Å². The highest BCUT2D eigenvalue weighted by Crippen LogP contribution is 2.10. The number of rotatable bonds is 35. The van der Waals surface area contributed by atoms with Gasteiger partial charge in [-0.25, -0.2) is 14.6 Å². The number of amides is 2. The van der Waals surface area contributed by atoms with Crippen molar-refractivity contribution < 1.29 is 86.3 Å². The highest BCUT2D eigenvalue weighted by molar-refractivity contribution is 5.94. The number of likely N-dealkylation sites (N-methyl/N-ethyl adjacent to an activating group) is 3. The van der Waals surface area contributed by atoms with Gasteiger partial charge in [0.05, 0.1) is 107 Å². The minimum absolute atomic E-state index is 0.0228. The van der Waals surface area contributed by atoms with Crippen molar-refractivity contribution in [3.63, 3.8) is 0 Å². The van der Waals surface area contributed by atoms with Crippen LogP contribution in [0.15, 0.2) is 67.3 Å². The van der Waals surface area contributed by atoms with Crippen LogP contribution in [0, 0.1) is 6.92 Å². The molecule has 1 aromatic heterocycles. The Morgan fingerprint density at radius 3 is 1.25 bits per heavy atom. The minimum Gasteiger partial charge on any atom is -0.469 e. The highest BCUT2D eigenvalue weighted by Gasteiger charge is 2.12. The van der Waals surface area contributed by atoms with Gasteiger partial charge in [0, 0.05) is 134 Å². The minimum atomic E-state index is -0.642. The molecule has 28 heteroatoms. The Labute approximate surface area is 647 Å². The zero-order chi connectivity index (χ0) is 81.4. The van der Waals surface area contributed by atoms with Crippen LogP contribution in [-0.4, -0.2) is 349 Å². The third-order valence-corrected chi connectivity index (χ3v) is 16.0. The summed E-state index contributed by atoms with van der Waals surface area (Å²) >= 11 is 0. The molecular weight excluding hydrogens is 1380 g/mol. The second-order valence-corrected chi connectivity index (χ2v) is 25.1. The number of hydrogen-bond acceptors (Lipinski definition) is 25. The number of nitrogens with zero attached hydrogens (tertiary/aromatic N) is 8. The van der Waals surface area contributed by atoms with Gasteiger partial charge in [0.2, 0.25) is 0 Å². The number of Topliss-reactive ketones (excluding diaryl/α,β-unsaturated/α-hetero) is 1. The molecule has 6 rings (SSSR count). The summed E-state index contributed by atoms with van der Waals surface area (Å²) in [4.78, 5) is 70.6. The van der Waals surface area contributed by atoms with Crippen LogP contribution >= 0.6 is 0 Å². The van der Waals surface area contributed by atoms with E-state index in [1.807, 2.05) is 68.0 Å². The summed E-state index contributed by atoms with van der Waals surface area (Å²) in [5.41, 5.74) is 3.69. The molecule has 0 bridgehead atoms. The number of carbonyl (C=O) groups excluding carboxylic acids is 5.